The first-order valence-corrected chi connectivity index (χ1v) is 12.3. The molecule has 1 amide bonds. The Bertz CT molecular complexity index is 1120. The number of alkyl halides is 3. The van der Waals surface area contributed by atoms with Crippen LogP contribution in [0, 0.1) is 5.92 Å². The minimum atomic E-state index is -4.67. The van der Waals surface area contributed by atoms with E-state index in [9.17, 15) is 18.0 Å². The SMILES string of the molecule is CN1CCC[C@H]1COc1c(C(=O)/N=c2\oc(C(C)(C)C)cn2CC2CCC2)cccc1C(F)(F)F. The molecule has 192 valence electrons. The predicted octanol–water partition coefficient (Wildman–Crippen LogP) is 5.41. The summed E-state index contributed by atoms with van der Waals surface area (Å²) in [5.74, 6) is -0.149. The molecular formula is C26H34F3N3O3. The summed E-state index contributed by atoms with van der Waals surface area (Å²) in [6.45, 7) is 7.57. The van der Waals surface area contributed by atoms with Crippen molar-refractivity contribution in [2.75, 3.05) is 20.2 Å². The Hall–Kier alpha value is -2.55. The summed E-state index contributed by atoms with van der Waals surface area (Å²) in [7, 11) is 1.92. The van der Waals surface area contributed by atoms with Crippen molar-refractivity contribution >= 4 is 5.91 Å². The minimum Gasteiger partial charge on any atom is -0.490 e. The highest BCUT2D eigenvalue weighted by atomic mass is 19.4. The van der Waals surface area contributed by atoms with Gasteiger partial charge < -0.3 is 14.1 Å². The van der Waals surface area contributed by atoms with E-state index in [1.165, 1.54) is 18.6 Å². The van der Waals surface area contributed by atoms with Crippen LogP contribution in [0.15, 0.2) is 33.8 Å². The molecule has 6 nitrogen and oxygen atoms in total. The Morgan fingerprint density at radius 1 is 1.17 bits per heavy atom. The highest BCUT2D eigenvalue weighted by Gasteiger charge is 2.37. The third kappa shape index (κ3) is 5.82. The number of oxazole rings is 1. The van der Waals surface area contributed by atoms with E-state index < -0.39 is 23.4 Å². The largest absolute Gasteiger partial charge is 0.490 e. The van der Waals surface area contributed by atoms with Crippen LogP contribution in [-0.4, -0.2) is 41.6 Å². The summed E-state index contributed by atoms with van der Waals surface area (Å²) in [6, 6.07) is 3.48. The molecule has 4 rings (SSSR count). The van der Waals surface area contributed by atoms with E-state index in [4.69, 9.17) is 9.15 Å². The molecule has 0 N–H and O–H groups in total. The molecule has 0 bridgehead atoms. The van der Waals surface area contributed by atoms with Gasteiger partial charge in [0.1, 0.15) is 18.1 Å². The summed E-state index contributed by atoms with van der Waals surface area (Å²) >= 11 is 0. The number of nitrogens with zero attached hydrogens (tertiary/aromatic N) is 3. The van der Waals surface area contributed by atoms with Crippen LogP contribution in [0.5, 0.6) is 5.75 Å². The third-order valence-corrected chi connectivity index (χ3v) is 6.98. The summed E-state index contributed by atoms with van der Waals surface area (Å²) in [5, 5.41) is 0. The second-order valence-electron chi connectivity index (χ2n) is 10.8. The van der Waals surface area contributed by atoms with Gasteiger partial charge in [0.25, 0.3) is 5.91 Å². The van der Waals surface area contributed by atoms with Gasteiger partial charge in [-0.2, -0.15) is 18.2 Å². The van der Waals surface area contributed by atoms with E-state index >= 15 is 0 Å². The molecule has 1 saturated heterocycles. The third-order valence-electron chi connectivity index (χ3n) is 6.98. The number of amides is 1. The van der Waals surface area contributed by atoms with E-state index in [1.54, 1.807) is 0 Å². The average Bonchev–Trinajstić information content (AvgIpc) is 3.33. The number of carbonyl (C=O) groups is 1. The number of carbonyl (C=O) groups excluding carboxylic acids is 1. The number of likely N-dealkylation sites (N-methyl/N-ethyl adjacent to an activating group) is 1. The Morgan fingerprint density at radius 2 is 1.91 bits per heavy atom. The van der Waals surface area contributed by atoms with Crippen LogP contribution in [0.4, 0.5) is 13.2 Å². The molecule has 1 saturated carbocycles. The number of aromatic nitrogens is 1. The molecule has 1 aromatic carbocycles. The topological polar surface area (TPSA) is 60.0 Å². The maximum absolute atomic E-state index is 13.8. The van der Waals surface area contributed by atoms with Crippen LogP contribution in [0.1, 0.15) is 74.6 Å². The average molecular weight is 494 g/mol. The van der Waals surface area contributed by atoms with Gasteiger partial charge in [0, 0.05) is 24.2 Å². The van der Waals surface area contributed by atoms with E-state index in [-0.39, 0.29) is 29.3 Å². The zero-order valence-corrected chi connectivity index (χ0v) is 20.8. The van der Waals surface area contributed by atoms with Gasteiger partial charge in [-0.15, -0.1) is 0 Å². The van der Waals surface area contributed by atoms with Crippen LogP contribution >= 0.6 is 0 Å². The van der Waals surface area contributed by atoms with Crippen LogP contribution in [0.25, 0.3) is 0 Å². The van der Waals surface area contributed by atoms with Gasteiger partial charge >= 0.3 is 11.9 Å². The van der Waals surface area contributed by atoms with Gasteiger partial charge in [0.2, 0.25) is 0 Å². The van der Waals surface area contributed by atoms with Gasteiger partial charge in [0.15, 0.2) is 0 Å². The smallest absolute Gasteiger partial charge is 0.419 e. The van der Waals surface area contributed by atoms with Crippen molar-refractivity contribution in [3.63, 3.8) is 0 Å². The number of rotatable bonds is 6. The Labute approximate surface area is 203 Å². The quantitative estimate of drug-likeness (QED) is 0.540. The number of ether oxygens (including phenoxy) is 1. The summed E-state index contributed by atoms with van der Waals surface area (Å²) in [5.41, 5.74) is -1.40. The highest BCUT2D eigenvalue weighted by molar-refractivity contribution is 5.98. The molecule has 0 unspecified atom stereocenters. The van der Waals surface area contributed by atoms with Crippen LogP contribution in [0.3, 0.4) is 0 Å². The molecular weight excluding hydrogens is 459 g/mol. The van der Waals surface area contributed by atoms with Crippen molar-refractivity contribution in [3.05, 3.63) is 47.0 Å². The van der Waals surface area contributed by atoms with E-state index in [0.717, 1.165) is 38.3 Å². The molecule has 1 atom stereocenters. The lowest BCUT2D eigenvalue weighted by atomic mass is 9.85. The lowest BCUT2D eigenvalue weighted by molar-refractivity contribution is -0.139. The van der Waals surface area contributed by atoms with Gasteiger partial charge in [-0.25, -0.2) is 0 Å². The molecule has 0 radical (unpaired) electrons. The fraction of sp³-hybridized carbons (Fsp3) is 0.615. The lowest BCUT2D eigenvalue weighted by Crippen LogP contribution is -2.31. The first-order valence-electron chi connectivity index (χ1n) is 12.3. The normalized spacial score (nSPS) is 20.3. The Morgan fingerprint density at radius 3 is 2.49 bits per heavy atom. The molecule has 2 heterocycles. The highest BCUT2D eigenvalue weighted by Crippen LogP contribution is 2.39. The fourth-order valence-electron chi connectivity index (χ4n) is 4.50. The molecule has 1 aliphatic carbocycles. The van der Waals surface area contributed by atoms with E-state index in [1.807, 2.05) is 38.6 Å². The zero-order chi connectivity index (χ0) is 25.4. The van der Waals surface area contributed by atoms with E-state index in [2.05, 4.69) is 9.89 Å². The Balaban J connectivity index is 1.71. The summed E-state index contributed by atoms with van der Waals surface area (Å²) < 4.78 is 54.9. The molecule has 35 heavy (non-hydrogen) atoms. The van der Waals surface area contributed by atoms with Crippen molar-refractivity contribution in [1.29, 1.82) is 0 Å². The lowest BCUT2D eigenvalue weighted by Gasteiger charge is -2.25. The zero-order valence-electron chi connectivity index (χ0n) is 20.8. The number of halogens is 3. The summed E-state index contributed by atoms with van der Waals surface area (Å²) in [6.07, 6.45) is 2.34. The molecule has 1 aliphatic heterocycles. The number of hydrogen-bond donors (Lipinski definition) is 0. The Kier molecular flexibility index (Phi) is 7.18. The summed E-state index contributed by atoms with van der Waals surface area (Å²) in [4.78, 5) is 19.5. The molecule has 1 aromatic heterocycles. The molecule has 2 aromatic rings. The molecule has 2 aliphatic rings. The number of benzene rings is 1. The van der Waals surface area contributed by atoms with Crippen molar-refractivity contribution in [1.82, 2.24) is 9.47 Å². The minimum absolute atomic E-state index is 0.000216. The molecule has 9 heteroatoms. The second kappa shape index (κ2) is 9.84. The second-order valence-corrected chi connectivity index (χ2v) is 10.8. The maximum atomic E-state index is 13.8. The standard InChI is InChI=1S/C26H34F3N3O3/c1-25(2,3)21-15-32(14-17-8-5-9-17)24(35-21)30-23(33)19-11-6-12-20(26(27,28)29)22(19)34-16-18-10-7-13-31(18)4/h6,11-12,15,17-18H,5,7-10,13-14,16H2,1-4H3/b30-24-/t18-/m0/s1. The first kappa shape index (κ1) is 25.5. The van der Waals surface area contributed by atoms with Crippen LogP contribution in [0.2, 0.25) is 0 Å². The predicted molar refractivity (Wildman–Crippen MR) is 125 cm³/mol. The van der Waals surface area contributed by atoms with Gasteiger partial charge in [-0.05, 0) is 57.3 Å². The number of para-hydroxylation sites is 1. The first-order chi connectivity index (χ1) is 16.4. The van der Waals surface area contributed by atoms with Crippen molar-refractivity contribution in [3.8, 4) is 5.75 Å². The maximum Gasteiger partial charge on any atom is 0.419 e. The monoisotopic (exact) mass is 493 g/mol. The van der Waals surface area contributed by atoms with Crippen molar-refractivity contribution in [2.45, 2.75) is 77.1 Å². The van der Waals surface area contributed by atoms with Crippen molar-refractivity contribution in [2.24, 2.45) is 10.9 Å². The number of hydrogen-bond acceptors (Lipinski definition) is 4. The van der Waals surface area contributed by atoms with Gasteiger partial charge in [-0.1, -0.05) is 33.3 Å². The molecule has 0 spiro atoms. The van der Waals surface area contributed by atoms with Gasteiger partial charge in [-0.3, -0.25) is 9.36 Å². The number of likely N-dealkylation sites (tertiary alicyclic amines) is 1. The van der Waals surface area contributed by atoms with Crippen LogP contribution in [-0.2, 0) is 18.1 Å². The fourth-order valence-corrected chi connectivity index (χ4v) is 4.50. The van der Waals surface area contributed by atoms with Gasteiger partial charge in [0.05, 0.1) is 11.1 Å². The van der Waals surface area contributed by atoms with Crippen molar-refractivity contribution < 1.29 is 27.1 Å². The molecule has 2 fully saturated rings. The van der Waals surface area contributed by atoms with E-state index in [0.29, 0.717) is 18.2 Å². The van der Waals surface area contributed by atoms with Crippen LogP contribution < -0.4 is 10.4 Å².